The number of benzene rings is 1. The van der Waals surface area contributed by atoms with Crippen LogP contribution in [-0.2, 0) is 6.42 Å². The summed E-state index contributed by atoms with van der Waals surface area (Å²) in [6.07, 6.45) is 9.57. The van der Waals surface area contributed by atoms with Gasteiger partial charge in [-0.2, -0.15) is 5.10 Å². The molecule has 4 rings (SSSR count). The Labute approximate surface area is 182 Å². The summed E-state index contributed by atoms with van der Waals surface area (Å²) in [5, 5.41) is 8.05. The molecule has 164 valence electrons. The molecule has 1 aromatic carbocycles. The molecular formula is C23H30FN7. The Morgan fingerprint density at radius 3 is 2.81 bits per heavy atom. The second-order valence-corrected chi connectivity index (χ2v) is 8.00. The maximum absolute atomic E-state index is 13.1. The highest BCUT2D eigenvalue weighted by molar-refractivity contribution is 5.80. The fraction of sp³-hybridized carbons (Fsp3) is 0.435. The lowest BCUT2D eigenvalue weighted by Crippen LogP contribution is -2.49. The lowest BCUT2D eigenvalue weighted by Gasteiger charge is -2.39. The summed E-state index contributed by atoms with van der Waals surface area (Å²) in [5.41, 5.74) is 1.81. The molecule has 1 fully saturated rings. The van der Waals surface area contributed by atoms with Crippen LogP contribution in [0.1, 0.15) is 32.0 Å². The van der Waals surface area contributed by atoms with E-state index in [0.717, 1.165) is 49.8 Å². The van der Waals surface area contributed by atoms with Crippen LogP contribution in [0.25, 0.3) is 5.69 Å². The summed E-state index contributed by atoms with van der Waals surface area (Å²) in [5.74, 6) is 1.31. The number of hydrogen-bond donors (Lipinski definition) is 1. The number of aromatic nitrogens is 4. The summed E-state index contributed by atoms with van der Waals surface area (Å²) in [4.78, 5) is 11.4. The Kier molecular flexibility index (Phi) is 6.64. The van der Waals surface area contributed by atoms with Crippen molar-refractivity contribution in [3.05, 3.63) is 66.8 Å². The maximum Gasteiger partial charge on any atom is 0.193 e. The van der Waals surface area contributed by atoms with Gasteiger partial charge in [0, 0.05) is 51.2 Å². The highest BCUT2D eigenvalue weighted by Crippen LogP contribution is 2.27. The predicted octanol–water partition coefficient (Wildman–Crippen LogP) is 3.30. The zero-order valence-electron chi connectivity index (χ0n) is 18.2. The van der Waals surface area contributed by atoms with Gasteiger partial charge in [-0.25, -0.2) is 14.1 Å². The van der Waals surface area contributed by atoms with E-state index in [1.54, 1.807) is 16.8 Å². The highest BCUT2D eigenvalue weighted by atomic mass is 19.1. The Morgan fingerprint density at radius 2 is 2.06 bits per heavy atom. The van der Waals surface area contributed by atoms with E-state index in [-0.39, 0.29) is 5.82 Å². The van der Waals surface area contributed by atoms with Crippen LogP contribution in [0.3, 0.4) is 0 Å². The average Bonchev–Trinajstić information content (AvgIpc) is 3.47. The standard InChI is InChI=1S/C23H30FN7/c1-3-26-23(29-13-9-18(2)22(16-29)30-15-12-25-17-30)27-11-8-20-10-14-31(28-20)21-6-4-19(24)5-7-21/h4-7,10,12,14-15,17-18,22H,3,8-9,11,13,16H2,1-2H3,(H,26,27). The number of halogens is 1. The molecule has 2 aromatic heterocycles. The van der Waals surface area contributed by atoms with E-state index in [0.29, 0.717) is 18.5 Å². The largest absolute Gasteiger partial charge is 0.357 e. The van der Waals surface area contributed by atoms with Gasteiger partial charge in [0.2, 0.25) is 0 Å². The SMILES string of the molecule is CCNC(=NCCc1ccn(-c2ccc(F)cc2)n1)N1CCC(C)C(n2ccnc2)C1. The van der Waals surface area contributed by atoms with Crippen LogP contribution < -0.4 is 5.32 Å². The van der Waals surface area contributed by atoms with Crippen molar-refractivity contribution in [2.24, 2.45) is 10.9 Å². The molecule has 1 aliphatic rings. The number of rotatable bonds is 6. The first-order valence-corrected chi connectivity index (χ1v) is 10.9. The lowest BCUT2D eigenvalue weighted by atomic mass is 9.93. The van der Waals surface area contributed by atoms with Gasteiger partial charge in [-0.1, -0.05) is 6.92 Å². The second-order valence-electron chi connectivity index (χ2n) is 8.00. The molecule has 1 saturated heterocycles. The van der Waals surface area contributed by atoms with Crippen molar-refractivity contribution < 1.29 is 4.39 Å². The molecule has 2 atom stereocenters. The number of piperidine rings is 1. The van der Waals surface area contributed by atoms with Gasteiger partial charge in [0.15, 0.2) is 5.96 Å². The molecule has 0 aliphatic carbocycles. The number of nitrogens with one attached hydrogen (secondary N) is 1. The van der Waals surface area contributed by atoms with Crippen LogP contribution in [0.15, 0.2) is 60.2 Å². The molecule has 1 N–H and O–H groups in total. The summed E-state index contributed by atoms with van der Waals surface area (Å²) in [6.45, 7) is 7.81. The first kappa shape index (κ1) is 21.1. The van der Waals surface area contributed by atoms with Gasteiger partial charge in [-0.05, 0) is 49.6 Å². The third-order valence-electron chi connectivity index (χ3n) is 5.83. The highest BCUT2D eigenvalue weighted by Gasteiger charge is 2.28. The molecular weight excluding hydrogens is 393 g/mol. The van der Waals surface area contributed by atoms with E-state index in [1.807, 2.05) is 31.0 Å². The molecule has 1 aliphatic heterocycles. The first-order chi connectivity index (χ1) is 15.1. The lowest BCUT2D eigenvalue weighted by molar-refractivity contribution is 0.189. The molecule has 3 aromatic rings. The number of hydrogen-bond acceptors (Lipinski definition) is 3. The van der Waals surface area contributed by atoms with Gasteiger partial charge < -0.3 is 14.8 Å². The van der Waals surface area contributed by atoms with E-state index < -0.39 is 0 Å². The summed E-state index contributed by atoms with van der Waals surface area (Å²) >= 11 is 0. The Morgan fingerprint density at radius 1 is 1.23 bits per heavy atom. The molecule has 3 heterocycles. The number of nitrogens with zero attached hydrogens (tertiary/aromatic N) is 6. The summed E-state index contributed by atoms with van der Waals surface area (Å²) in [6, 6.07) is 8.72. The topological polar surface area (TPSA) is 63.3 Å². The fourth-order valence-corrected chi connectivity index (χ4v) is 4.03. The molecule has 7 nitrogen and oxygen atoms in total. The normalized spacial score (nSPS) is 19.6. The van der Waals surface area contributed by atoms with Crippen molar-refractivity contribution in [1.29, 1.82) is 0 Å². The third-order valence-corrected chi connectivity index (χ3v) is 5.83. The van der Waals surface area contributed by atoms with E-state index in [2.05, 4.69) is 38.7 Å². The van der Waals surface area contributed by atoms with Crippen LogP contribution in [0.2, 0.25) is 0 Å². The zero-order valence-corrected chi connectivity index (χ0v) is 18.2. The summed E-state index contributed by atoms with van der Waals surface area (Å²) < 4.78 is 17.1. The predicted molar refractivity (Wildman–Crippen MR) is 120 cm³/mol. The van der Waals surface area contributed by atoms with E-state index in [1.165, 1.54) is 12.1 Å². The average molecular weight is 424 g/mol. The fourth-order valence-electron chi connectivity index (χ4n) is 4.03. The van der Waals surface area contributed by atoms with Gasteiger partial charge in [-0.15, -0.1) is 0 Å². The van der Waals surface area contributed by atoms with E-state index >= 15 is 0 Å². The van der Waals surface area contributed by atoms with Crippen LogP contribution in [0.5, 0.6) is 0 Å². The van der Waals surface area contributed by atoms with Crippen molar-refractivity contribution in [1.82, 2.24) is 29.5 Å². The number of aliphatic imine (C=N–C) groups is 1. The monoisotopic (exact) mass is 423 g/mol. The Hall–Kier alpha value is -3.16. The molecule has 0 spiro atoms. The summed E-state index contributed by atoms with van der Waals surface area (Å²) in [7, 11) is 0. The van der Waals surface area contributed by atoms with Crippen LogP contribution in [0, 0.1) is 11.7 Å². The van der Waals surface area contributed by atoms with Gasteiger partial charge in [-0.3, -0.25) is 4.99 Å². The quantitative estimate of drug-likeness (QED) is 0.488. The number of likely N-dealkylation sites (tertiary alicyclic amines) is 1. The van der Waals surface area contributed by atoms with Crippen molar-refractivity contribution in [2.75, 3.05) is 26.2 Å². The second kappa shape index (κ2) is 9.76. The van der Waals surface area contributed by atoms with Crippen molar-refractivity contribution in [3.8, 4) is 5.69 Å². The molecule has 8 heteroatoms. The van der Waals surface area contributed by atoms with Crippen LogP contribution >= 0.6 is 0 Å². The molecule has 0 bridgehead atoms. The maximum atomic E-state index is 13.1. The number of guanidine groups is 1. The van der Waals surface area contributed by atoms with E-state index in [4.69, 9.17) is 4.99 Å². The van der Waals surface area contributed by atoms with Gasteiger partial charge in [0.1, 0.15) is 5.82 Å². The van der Waals surface area contributed by atoms with Crippen molar-refractivity contribution in [3.63, 3.8) is 0 Å². The molecule has 0 radical (unpaired) electrons. The van der Waals surface area contributed by atoms with Gasteiger partial charge >= 0.3 is 0 Å². The van der Waals surface area contributed by atoms with E-state index in [9.17, 15) is 4.39 Å². The first-order valence-electron chi connectivity index (χ1n) is 10.9. The molecule has 0 saturated carbocycles. The van der Waals surface area contributed by atoms with Gasteiger partial charge in [0.05, 0.1) is 23.8 Å². The van der Waals surface area contributed by atoms with Crippen LogP contribution in [-0.4, -0.2) is 56.4 Å². The minimum Gasteiger partial charge on any atom is -0.357 e. The Bertz CT molecular complexity index is 978. The van der Waals surface area contributed by atoms with Crippen molar-refractivity contribution >= 4 is 5.96 Å². The third kappa shape index (κ3) is 5.13. The minimum atomic E-state index is -0.246. The molecule has 0 amide bonds. The Balaban J connectivity index is 1.39. The van der Waals surface area contributed by atoms with Gasteiger partial charge in [0.25, 0.3) is 0 Å². The number of imidazole rings is 1. The molecule has 2 unspecified atom stereocenters. The van der Waals surface area contributed by atoms with Crippen LogP contribution in [0.4, 0.5) is 4.39 Å². The smallest absolute Gasteiger partial charge is 0.193 e. The van der Waals surface area contributed by atoms with Crippen molar-refractivity contribution in [2.45, 2.75) is 32.7 Å². The molecule has 31 heavy (non-hydrogen) atoms. The zero-order chi connectivity index (χ0) is 21.6. The minimum absolute atomic E-state index is 0.246.